The van der Waals surface area contributed by atoms with Crippen molar-refractivity contribution in [3.63, 3.8) is 0 Å². The molecular formula is C29H35N3O. The average Bonchev–Trinajstić information content (AvgIpc) is 2.85. The maximum absolute atomic E-state index is 13.5. The van der Waals surface area contributed by atoms with Crippen LogP contribution in [-0.4, -0.2) is 29.9 Å². The van der Waals surface area contributed by atoms with E-state index in [4.69, 9.17) is 0 Å². The van der Waals surface area contributed by atoms with Gasteiger partial charge in [-0.1, -0.05) is 71.8 Å². The highest BCUT2D eigenvalue weighted by Crippen LogP contribution is 2.25. The number of carbonyl (C=O) groups is 1. The van der Waals surface area contributed by atoms with Gasteiger partial charge in [0.2, 0.25) is 5.91 Å². The molecule has 1 aliphatic heterocycles. The normalized spacial score (nSPS) is 14.5. The summed E-state index contributed by atoms with van der Waals surface area (Å²) in [5, 5.41) is 7.16. The number of aryl methyl sites for hydroxylation is 2. The van der Waals surface area contributed by atoms with Crippen molar-refractivity contribution in [2.75, 3.05) is 23.7 Å². The van der Waals surface area contributed by atoms with Gasteiger partial charge in [0.25, 0.3) is 0 Å². The number of amides is 1. The molecule has 1 amide bonds. The number of nitrogens with one attached hydrogen (secondary N) is 2. The first kappa shape index (κ1) is 22.9. The van der Waals surface area contributed by atoms with Crippen LogP contribution in [0, 0.1) is 13.8 Å². The Balaban J connectivity index is 1.52. The molecule has 3 aromatic rings. The van der Waals surface area contributed by atoms with Crippen molar-refractivity contribution in [3.05, 3.63) is 95.1 Å². The minimum absolute atomic E-state index is 0.198. The highest BCUT2D eigenvalue weighted by atomic mass is 16.2. The topological polar surface area (TPSA) is 44.4 Å². The minimum Gasteiger partial charge on any atom is -0.379 e. The van der Waals surface area contributed by atoms with Gasteiger partial charge in [0.1, 0.15) is 6.04 Å². The molecule has 0 spiro atoms. The molecule has 0 unspecified atom stereocenters. The number of anilines is 2. The van der Waals surface area contributed by atoms with Crippen LogP contribution in [0.4, 0.5) is 11.4 Å². The Hall–Kier alpha value is -3.27. The molecule has 1 fully saturated rings. The lowest BCUT2D eigenvalue weighted by Gasteiger charge is -2.31. The smallest absolute Gasteiger partial charge is 0.245 e. The summed E-state index contributed by atoms with van der Waals surface area (Å²) in [5.41, 5.74) is 6.88. The van der Waals surface area contributed by atoms with E-state index in [0.29, 0.717) is 6.42 Å². The molecule has 4 nitrogen and oxygen atoms in total. The molecule has 0 aliphatic carbocycles. The van der Waals surface area contributed by atoms with Crippen LogP contribution in [0.3, 0.4) is 0 Å². The van der Waals surface area contributed by atoms with Gasteiger partial charge in [-0.05, 0) is 56.4 Å². The van der Waals surface area contributed by atoms with Gasteiger partial charge in [-0.25, -0.2) is 0 Å². The van der Waals surface area contributed by atoms with Gasteiger partial charge in [-0.15, -0.1) is 0 Å². The predicted molar refractivity (Wildman–Crippen MR) is 138 cm³/mol. The van der Waals surface area contributed by atoms with Gasteiger partial charge in [-0.2, -0.15) is 0 Å². The van der Waals surface area contributed by atoms with Crippen LogP contribution in [0.25, 0.3) is 0 Å². The standard InChI is InChI=1S/C29H35N3O/c1-22-10-14-24(15-11-22)20-28(29(33)32-18-6-3-7-19-32)31-27-9-5-4-8-26(27)30-21-25-16-12-23(2)13-17-25/h4-5,8-17,28,30-31H,3,6-7,18-21H2,1-2H3/t28-/m0/s1. The summed E-state index contributed by atoms with van der Waals surface area (Å²) in [7, 11) is 0. The Labute approximate surface area is 198 Å². The van der Waals surface area contributed by atoms with Crippen molar-refractivity contribution in [1.29, 1.82) is 0 Å². The minimum atomic E-state index is -0.298. The molecule has 1 heterocycles. The summed E-state index contributed by atoms with van der Waals surface area (Å²) in [6, 6.07) is 25.0. The van der Waals surface area contributed by atoms with Crippen molar-refractivity contribution >= 4 is 17.3 Å². The first-order valence-electron chi connectivity index (χ1n) is 12.1. The number of hydrogen-bond donors (Lipinski definition) is 2. The Morgan fingerprint density at radius 1 is 0.788 bits per heavy atom. The van der Waals surface area contributed by atoms with E-state index >= 15 is 0 Å². The van der Waals surface area contributed by atoms with Crippen LogP contribution in [0.2, 0.25) is 0 Å². The quantitative estimate of drug-likeness (QED) is 0.454. The summed E-state index contributed by atoms with van der Waals surface area (Å²) in [6.45, 7) is 6.65. The zero-order chi connectivity index (χ0) is 23.0. The van der Waals surface area contributed by atoms with E-state index in [9.17, 15) is 4.79 Å². The van der Waals surface area contributed by atoms with Crippen LogP contribution < -0.4 is 10.6 Å². The molecule has 1 saturated heterocycles. The van der Waals surface area contributed by atoms with Crippen LogP contribution in [-0.2, 0) is 17.8 Å². The molecule has 3 aromatic carbocycles. The fourth-order valence-electron chi connectivity index (χ4n) is 4.35. The summed E-state index contributed by atoms with van der Waals surface area (Å²) >= 11 is 0. The maximum atomic E-state index is 13.5. The third-order valence-corrected chi connectivity index (χ3v) is 6.39. The molecule has 0 saturated carbocycles. The van der Waals surface area contributed by atoms with E-state index in [0.717, 1.165) is 43.9 Å². The van der Waals surface area contributed by atoms with E-state index in [2.05, 4.69) is 85.1 Å². The molecule has 1 aliphatic rings. The van der Waals surface area contributed by atoms with Gasteiger partial charge in [0.05, 0.1) is 11.4 Å². The fraction of sp³-hybridized carbons (Fsp3) is 0.345. The van der Waals surface area contributed by atoms with Crippen LogP contribution in [0.5, 0.6) is 0 Å². The van der Waals surface area contributed by atoms with E-state index in [1.165, 1.54) is 28.7 Å². The maximum Gasteiger partial charge on any atom is 0.245 e. The zero-order valence-electron chi connectivity index (χ0n) is 19.8. The van der Waals surface area contributed by atoms with Gasteiger partial charge < -0.3 is 15.5 Å². The SMILES string of the molecule is Cc1ccc(CNc2ccccc2N[C@@H](Cc2ccc(C)cc2)C(=O)N2CCCCC2)cc1. The highest BCUT2D eigenvalue weighted by molar-refractivity contribution is 5.86. The molecule has 1 atom stereocenters. The molecule has 0 aromatic heterocycles. The lowest BCUT2D eigenvalue weighted by atomic mass is 10.0. The summed E-state index contributed by atoms with van der Waals surface area (Å²) in [5.74, 6) is 0.198. The Morgan fingerprint density at radius 2 is 1.36 bits per heavy atom. The molecule has 33 heavy (non-hydrogen) atoms. The number of benzene rings is 3. The van der Waals surface area contributed by atoms with E-state index in [-0.39, 0.29) is 11.9 Å². The lowest BCUT2D eigenvalue weighted by Crippen LogP contribution is -2.46. The second kappa shape index (κ2) is 11.0. The fourth-order valence-corrected chi connectivity index (χ4v) is 4.35. The van der Waals surface area contributed by atoms with E-state index in [1.807, 2.05) is 17.0 Å². The third kappa shape index (κ3) is 6.38. The second-order valence-corrected chi connectivity index (χ2v) is 9.16. The first-order valence-corrected chi connectivity index (χ1v) is 12.1. The number of nitrogens with zero attached hydrogens (tertiary/aromatic N) is 1. The van der Waals surface area contributed by atoms with Crippen molar-refractivity contribution in [2.24, 2.45) is 0 Å². The number of hydrogen-bond acceptors (Lipinski definition) is 3. The number of carbonyl (C=O) groups excluding carboxylic acids is 1. The van der Waals surface area contributed by atoms with Crippen molar-refractivity contribution < 1.29 is 4.79 Å². The number of piperidine rings is 1. The number of para-hydroxylation sites is 2. The third-order valence-electron chi connectivity index (χ3n) is 6.39. The summed E-state index contributed by atoms with van der Waals surface area (Å²) in [4.78, 5) is 15.6. The summed E-state index contributed by atoms with van der Waals surface area (Å²) in [6.07, 6.45) is 4.07. The Bertz CT molecular complexity index is 1040. The van der Waals surface area contributed by atoms with Gasteiger partial charge >= 0.3 is 0 Å². The molecule has 2 N–H and O–H groups in total. The Kier molecular flexibility index (Phi) is 7.66. The first-order chi connectivity index (χ1) is 16.1. The summed E-state index contributed by atoms with van der Waals surface area (Å²) < 4.78 is 0. The van der Waals surface area contributed by atoms with Crippen LogP contribution in [0.1, 0.15) is 41.5 Å². The van der Waals surface area contributed by atoms with E-state index < -0.39 is 0 Å². The van der Waals surface area contributed by atoms with Crippen molar-refractivity contribution in [2.45, 2.75) is 52.1 Å². The van der Waals surface area contributed by atoms with Crippen molar-refractivity contribution in [1.82, 2.24) is 4.90 Å². The second-order valence-electron chi connectivity index (χ2n) is 9.16. The molecule has 0 radical (unpaired) electrons. The number of rotatable bonds is 8. The monoisotopic (exact) mass is 441 g/mol. The van der Waals surface area contributed by atoms with Gasteiger partial charge in [-0.3, -0.25) is 4.79 Å². The molecular weight excluding hydrogens is 406 g/mol. The molecule has 4 heteroatoms. The molecule has 4 rings (SSSR count). The molecule has 0 bridgehead atoms. The van der Waals surface area contributed by atoms with E-state index in [1.54, 1.807) is 0 Å². The van der Waals surface area contributed by atoms with Crippen molar-refractivity contribution in [3.8, 4) is 0 Å². The van der Waals surface area contributed by atoms with Crippen LogP contribution >= 0.6 is 0 Å². The Morgan fingerprint density at radius 3 is 2.00 bits per heavy atom. The lowest BCUT2D eigenvalue weighted by molar-refractivity contribution is -0.132. The van der Waals surface area contributed by atoms with Gasteiger partial charge in [0.15, 0.2) is 0 Å². The molecule has 172 valence electrons. The zero-order valence-corrected chi connectivity index (χ0v) is 19.8. The average molecular weight is 442 g/mol. The van der Waals surface area contributed by atoms with Gasteiger partial charge in [0, 0.05) is 26.1 Å². The highest BCUT2D eigenvalue weighted by Gasteiger charge is 2.26. The largest absolute Gasteiger partial charge is 0.379 e. The predicted octanol–water partition coefficient (Wildman–Crippen LogP) is 5.95. The van der Waals surface area contributed by atoms with Crippen LogP contribution in [0.15, 0.2) is 72.8 Å². The number of likely N-dealkylation sites (tertiary alicyclic amines) is 1.